The van der Waals surface area contributed by atoms with Gasteiger partial charge in [0.2, 0.25) is 0 Å². The van der Waals surface area contributed by atoms with Gasteiger partial charge in [-0.05, 0) is 55.0 Å². The first-order valence-corrected chi connectivity index (χ1v) is 10.4. The Balaban J connectivity index is 1.65. The van der Waals surface area contributed by atoms with Gasteiger partial charge in [0.1, 0.15) is 18.1 Å². The molecule has 2 aromatic carbocycles. The van der Waals surface area contributed by atoms with Crippen molar-refractivity contribution in [2.24, 2.45) is 0 Å². The molecule has 0 saturated carbocycles. The number of rotatable bonds is 10. The Bertz CT molecular complexity index is 1040. The first-order valence-electron chi connectivity index (χ1n) is 10.4. The number of aliphatic hydroxyl groups is 1. The maximum absolute atomic E-state index is 12.7. The highest BCUT2D eigenvalue weighted by Crippen LogP contribution is 2.14. The van der Waals surface area contributed by atoms with Crippen LogP contribution in [0.15, 0.2) is 78.8 Å². The van der Waals surface area contributed by atoms with E-state index in [-0.39, 0.29) is 18.8 Å². The van der Waals surface area contributed by atoms with Crippen molar-refractivity contribution < 1.29 is 19.4 Å². The van der Waals surface area contributed by atoms with Crippen LogP contribution in [-0.4, -0.2) is 41.2 Å². The minimum Gasteiger partial charge on any atom is -0.492 e. The van der Waals surface area contributed by atoms with E-state index in [1.165, 1.54) is 0 Å². The van der Waals surface area contributed by atoms with Crippen molar-refractivity contribution in [3.05, 3.63) is 95.4 Å². The van der Waals surface area contributed by atoms with Crippen LogP contribution < -0.4 is 15.4 Å². The largest absolute Gasteiger partial charge is 0.492 e. The Labute approximate surface area is 187 Å². The van der Waals surface area contributed by atoms with E-state index in [4.69, 9.17) is 9.84 Å². The molecule has 1 heterocycles. The number of carbonyl (C=O) groups is 2. The van der Waals surface area contributed by atoms with Crippen LogP contribution in [0.2, 0.25) is 0 Å². The van der Waals surface area contributed by atoms with Crippen LogP contribution in [0, 0.1) is 6.92 Å². The van der Waals surface area contributed by atoms with Crippen LogP contribution in [0.25, 0.3) is 6.08 Å². The third-order valence-corrected chi connectivity index (χ3v) is 4.68. The molecule has 32 heavy (non-hydrogen) atoms. The quantitative estimate of drug-likeness (QED) is 0.429. The van der Waals surface area contributed by atoms with E-state index in [1.54, 1.807) is 30.3 Å². The third kappa shape index (κ3) is 6.85. The Morgan fingerprint density at radius 3 is 2.38 bits per heavy atom. The summed E-state index contributed by atoms with van der Waals surface area (Å²) in [6.45, 7) is 3.11. The molecule has 0 spiro atoms. The number of aliphatic hydroxyl groups excluding tert-OH is 1. The summed E-state index contributed by atoms with van der Waals surface area (Å²) < 4.78 is 7.73. The molecule has 0 radical (unpaired) electrons. The number of amides is 2. The van der Waals surface area contributed by atoms with Crippen LogP contribution in [0.5, 0.6) is 5.75 Å². The molecule has 0 unspecified atom stereocenters. The molecule has 3 aromatic rings. The molecule has 0 atom stereocenters. The van der Waals surface area contributed by atoms with Crippen molar-refractivity contribution in [1.29, 1.82) is 0 Å². The number of aromatic nitrogens is 1. The minimum absolute atomic E-state index is 0.0923. The van der Waals surface area contributed by atoms with E-state index in [9.17, 15) is 9.59 Å². The number of ether oxygens (including phenoxy) is 1. The van der Waals surface area contributed by atoms with Gasteiger partial charge in [-0.3, -0.25) is 9.59 Å². The molecule has 2 amide bonds. The SMILES string of the molecule is Cc1ccc(/C=C(\NC(=O)c2ccc(OCCn3cccc3)cc2)C(=O)NCCO)cc1. The molecule has 0 aliphatic heterocycles. The van der Waals surface area contributed by atoms with Gasteiger partial charge in [0, 0.05) is 24.5 Å². The molecule has 166 valence electrons. The monoisotopic (exact) mass is 433 g/mol. The number of nitrogens with one attached hydrogen (secondary N) is 2. The van der Waals surface area contributed by atoms with Gasteiger partial charge in [-0.25, -0.2) is 0 Å². The van der Waals surface area contributed by atoms with Gasteiger partial charge in [0.15, 0.2) is 0 Å². The second-order valence-corrected chi connectivity index (χ2v) is 7.20. The number of hydrogen-bond acceptors (Lipinski definition) is 4. The fourth-order valence-electron chi connectivity index (χ4n) is 2.94. The average molecular weight is 434 g/mol. The normalized spacial score (nSPS) is 11.1. The summed E-state index contributed by atoms with van der Waals surface area (Å²) in [4.78, 5) is 25.2. The highest BCUT2D eigenvalue weighted by atomic mass is 16.5. The first-order chi connectivity index (χ1) is 15.5. The molecule has 7 heteroatoms. The Kier molecular flexibility index (Phi) is 8.22. The van der Waals surface area contributed by atoms with Gasteiger partial charge in [0.25, 0.3) is 11.8 Å². The van der Waals surface area contributed by atoms with Crippen LogP contribution in [0.3, 0.4) is 0 Å². The van der Waals surface area contributed by atoms with Gasteiger partial charge in [-0.1, -0.05) is 29.8 Å². The predicted octanol–water partition coefficient (Wildman–Crippen LogP) is 2.75. The second-order valence-electron chi connectivity index (χ2n) is 7.20. The molecule has 0 bridgehead atoms. The van der Waals surface area contributed by atoms with Crippen LogP contribution in [0.4, 0.5) is 0 Å². The van der Waals surface area contributed by atoms with Gasteiger partial charge in [-0.15, -0.1) is 0 Å². The average Bonchev–Trinajstić information content (AvgIpc) is 3.32. The Morgan fingerprint density at radius 1 is 1.03 bits per heavy atom. The number of aryl methyl sites for hydroxylation is 1. The standard InChI is InChI=1S/C25H27N3O4/c1-19-4-6-20(7-5-19)18-23(25(31)26-12-16-29)27-24(30)21-8-10-22(11-9-21)32-17-15-28-13-2-3-14-28/h2-11,13-14,18,29H,12,15-17H2,1H3,(H,26,31)(H,27,30)/b23-18-. The summed E-state index contributed by atoms with van der Waals surface area (Å²) in [6, 6.07) is 18.2. The van der Waals surface area contributed by atoms with E-state index in [2.05, 4.69) is 10.6 Å². The number of hydrogen-bond donors (Lipinski definition) is 3. The summed E-state index contributed by atoms with van der Waals surface area (Å²) in [5.41, 5.74) is 2.36. The van der Waals surface area contributed by atoms with Crippen molar-refractivity contribution in [1.82, 2.24) is 15.2 Å². The van der Waals surface area contributed by atoms with Gasteiger partial charge in [0.05, 0.1) is 13.2 Å². The third-order valence-electron chi connectivity index (χ3n) is 4.68. The first kappa shape index (κ1) is 22.8. The molecule has 0 aliphatic rings. The van der Waals surface area contributed by atoms with E-state index in [0.29, 0.717) is 17.9 Å². The molecule has 0 saturated heterocycles. The van der Waals surface area contributed by atoms with Crippen LogP contribution in [0.1, 0.15) is 21.5 Å². The van der Waals surface area contributed by atoms with E-state index >= 15 is 0 Å². The van der Waals surface area contributed by atoms with E-state index < -0.39 is 11.8 Å². The van der Waals surface area contributed by atoms with Crippen molar-refractivity contribution in [2.45, 2.75) is 13.5 Å². The highest BCUT2D eigenvalue weighted by molar-refractivity contribution is 6.05. The highest BCUT2D eigenvalue weighted by Gasteiger charge is 2.14. The Morgan fingerprint density at radius 2 is 1.72 bits per heavy atom. The Hall–Kier alpha value is -3.84. The lowest BCUT2D eigenvalue weighted by molar-refractivity contribution is -0.117. The van der Waals surface area contributed by atoms with Gasteiger partial charge < -0.3 is 25.0 Å². The molecular formula is C25H27N3O4. The summed E-state index contributed by atoms with van der Waals surface area (Å²) >= 11 is 0. The van der Waals surface area contributed by atoms with Crippen molar-refractivity contribution in [2.75, 3.05) is 19.8 Å². The molecular weight excluding hydrogens is 406 g/mol. The summed E-state index contributed by atoms with van der Waals surface area (Å²) in [7, 11) is 0. The zero-order valence-corrected chi connectivity index (χ0v) is 18.0. The topological polar surface area (TPSA) is 92.6 Å². The fourth-order valence-corrected chi connectivity index (χ4v) is 2.94. The lowest BCUT2D eigenvalue weighted by Crippen LogP contribution is -2.36. The summed E-state index contributed by atoms with van der Waals surface area (Å²) in [5, 5.41) is 14.2. The lowest BCUT2D eigenvalue weighted by Gasteiger charge is -2.11. The smallest absolute Gasteiger partial charge is 0.267 e. The molecule has 1 aromatic heterocycles. The maximum atomic E-state index is 12.7. The maximum Gasteiger partial charge on any atom is 0.267 e. The second kappa shape index (κ2) is 11.5. The van der Waals surface area contributed by atoms with E-state index in [0.717, 1.165) is 17.7 Å². The zero-order valence-electron chi connectivity index (χ0n) is 18.0. The van der Waals surface area contributed by atoms with Gasteiger partial charge in [-0.2, -0.15) is 0 Å². The molecule has 0 fully saturated rings. The van der Waals surface area contributed by atoms with E-state index in [1.807, 2.05) is 60.3 Å². The van der Waals surface area contributed by atoms with Crippen LogP contribution >= 0.6 is 0 Å². The molecule has 3 N–H and O–H groups in total. The van der Waals surface area contributed by atoms with Crippen molar-refractivity contribution >= 4 is 17.9 Å². The number of carbonyl (C=O) groups excluding carboxylic acids is 2. The predicted molar refractivity (Wildman–Crippen MR) is 123 cm³/mol. The minimum atomic E-state index is -0.474. The number of benzene rings is 2. The van der Waals surface area contributed by atoms with Crippen LogP contribution in [-0.2, 0) is 11.3 Å². The van der Waals surface area contributed by atoms with Gasteiger partial charge >= 0.3 is 0 Å². The molecule has 0 aliphatic carbocycles. The lowest BCUT2D eigenvalue weighted by atomic mass is 10.1. The van der Waals surface area contributed by atoms with Crippen molar-refractivity contribution in [3.8, 4) is 5.75 Å². The molecule has 3 rings (SSSR count). The molecule has 7 nitrogen and oxygen atoms in total. The van der Waals surface area contributed by atoms with Crippen molar-refractivity contribution in [3.63, 3.8) is 0 Å². The fraction of sp³-hybridized carbons (Fsp3) is 0.200. The number of nitrogens with zero attached hydrogens (tertiary/aromatic N) is 1. The zero-order chi connectivity index (χ0) is 22.8. The summed E-state index contributed by atoms with van der Waals surface area (Å²) in [5.74, 6) is -0.232. The summed E-state index contributed by atoms with van der Waals surface area (Å²) in [6.07, 6.45) is 5.53.